The van der Waals surface area contributed by atoms with Gasteiger partial charge in [0.05, 0.1) is 30.1 Å². The van der Waals surface area contributed by atoms with E-state index in [-0.39, 0.29) is 22.9 Å². The second-order valence-electron chi connectivity index (χ2n) is 10.1. The number of hydrogen-bond acceptors (Lipinski definition) is 7. The number of carboxylic acid groups (broad SMARTS) is 1. The molecule has 2 aliphatic rings. The van der Waals surface area contributed by atoms with Crippen molar-refractivity contribution in [1.29, 1.82) is 0 Å². The van der Waals surface area contributed by atoms with Gasteiger partial charge in [-0.25, -0.2) is 4.79 Å². The first kappa shape index (κ1) is 26.1. The van der Waals surface area contributed by atoms with E-state index in [9.17, 15) is 24.8 Å². The van der Waals surface area contributed by atoms with Crippen molar-refractivity contribution in [3.05, 3.63) is 98.4 Å². The normalized spacial score (nSPS) is 23.9. The zero-order valence-corrected chi connectivity index (χ0v) is 21.2. The Bertz CT molecular complexity index is 1290. The Hall–Kier alpha value is -3.98. The van der Waals surface area contributed by atoms with E-state index in [0.717, 1.165) is 24.0 Å². The predicted octanol–water partition coefficient (Wildman–Crippen LogP) is 2.93. The third-order valence-electron chi connectivity index (χ3n) is 7.16. The second-order valence-corrected chi connectivity index (χ2v) is 10.1. The number of hydrogen-bond donors (Lipinski definition) is 1. The number of likely N-dealkylation sites (N-methyl/N-ethyl adjacent to an activating group) is 1. The first-order valence-corrected chi connectivity index (χ1v) is 12.3. The summed E-state index contributed by atoms with van der Waals surface area (Å²) in [5.74, 6) is -3.15. The largest absolute Gasteiger partial charge is 0.545 e. The van der Waals surface area contributed by atoms with Gasteiger partial charge in [0.15, 0.2) is 6.10 Å². The number of ether oxygens (including phenoxy) is 1. The fourth-order valence-corrected chi connectivity index (χ4v) is 5.54. The summed E-state index contributed by atoms with van der Waals surface area (Å²) in [5, 5.41) is 26.5. The zero-order valence-electron chi connectivity index (χ0n) is 21.2. The topological polar surface area (TPSA) is 122 Å². The van der Waals surface area contributed by atoms with Crippen LogP contribution in [-0.2, 0) is 20.9 Å². The number of piperidine rings is 1. The average Bonchev–Trinajstić information content (AvgIpc) is 2.83. The van der Waals surface area contributed by atoms with E-state index in [2.05, 4.69) is 24.5 Å². The van der Waals surface area contributed by atoms with Crippen LogP contribution in [0.15, 0.2) is 77.1 Å². The number of carboxylic acids is 1. The van der Waals surface area contributed by atoms with Crippen LogP contribution in [0.5, 0.6) is 0 Å². The van der Waals surface area contributed by atoms with Gasteiger partial charge in [-0.15, -0.1) is 0 Å². The van der Waals surface area contributed by atoms with Crippen molar-refractivity contribution in [2.24, 2.45) is 0 Å². The van der Waals surface area contributed by atoms with Crippen molar-refractivity contribution in [1.82, 2.24) is 5.32 Å². The van der Waals surface area contributed by atoms with Crippen molar-refractivity contribution < 1.29 is 28.8 Å². The van der Waals surface area contributed by atoms with Gasteiger partial charge in [0.1, 0.15) is 13.1 Å². The van der Waals surface area contributed by atoms with E-state index in [1.165, 1.54) is 23.8 Å². The van der Waals surface area contributed by atoms with E-state index in [1.807, 2.05) is 18.2 Å². The van der Waals surface area contributed by atoms with Crippen LogP contribution in [0.2, 0.25) is 0 Å². The molecular weight excluding hydrogens is 474 g/mol. The first-order valence-electron chi connectivity index (χ1n) is 12.3. The van der Waals surface area contributed by atoms with Crippen LogP contribution < -0.4 is 10.4 Å². The molecule has 2 aromatic carbocycles. The van der Waals surface area contributed by atoms with Gasteiger partial charge in [0.2, 0.25) is 0 Å². The van der Waals surface area contributed by atoms with Gasteiger partial charge < -0.3 is 24.4 Å². The fraction of sp³-hybridized carbons (Fsp3) is 0.357. The number of nitro benzene ring substituents is 1. The van der Waals surface area contributed by atoms with Crippen LogP contribution in [0.3, 0.4) is 0 Å². The molecule has 0 spiro atoms. The summed E-state index contributed by atoms with van der Waals surface area (Å²) < 4.78 is 6.72. The number of quaternary nitrogens is 1. The molecule has 9 heteroatoms. The first-order chi connectivity index (χ1) is 17.6. The number of nitrogens with zero attached hydrogens (tertiary/aromatic N) is 2. The molecule has 4 rings (SSSR count). The van der Waals surface area contributed by atoms with Crippen molar-refractivity contribution >= 4 is 17.6 Å². The van der Waals surface area contributed by atoms with Gasteiger partial charge in [0, 0.05) is 47.0 Å². The smallest absolute Gasteiger partial charge is 0.337 e. The highest BCUT2D eigenvalue weighted by Gasteiger charge is 2.38. The van der Waals surface area contributed by atoms with E-state index in [4.69, 9.17) is 4.74 Å². The Morgan fingerprint density at radius 3 is 2.46 bits per heavy atom. The lowest BCUT2D eigenvalue weighted by Crippen LogP contribution is -2.53. The van der Waals surface area contributed by atoms with Gasteiger partial charge in [-0.1, -0.05) is 42.5 Å². The van der Waals surface area contributed by atoms with E-state index in [1.54, 1.807) is 19.9 Å². The van der Waals surface area contributed by atoms with Crippen LogP contribution in [-0.4, -0.2) is 47.6 Å². The average molecular weight is 506 g/mol. The van der Waals surface area contributed by atoms with Crippen LogP contribution in [0.1, 0.15) is 43.7 Å². The maximum atomic E-state index is 13.6. The third-order valence-corrected chi connectivity index (χ3v) is 7.16. The molecule has 0 amide bonds. The summed E-state index contributed by atoms with van der Waals surface area (Å²) in [6, 6.07) is 15.8. The standard InChI is InChI=1S/C28H31N3O6/c1-18-24(27(32)33)26(21-11-7-12-22(15-21)30(35)36)25(19(2)29-18)28(34)37-23-13-8-14-31(3,17-23)16-20-9-5-4-6-10-20/h4-7,9-12,15,23,26H,8,13-14,16-17H2,1-3H3,(H-,29,32,33,34). The van der Waals surface area contributed by atoms with Gasteiger partial charge in [-0.05, 0) is 25.8 Å². The summed E-state index contributed by atoms with van der Waals surface area (Å²) in [5.41, 5.74) is 2.06. The fourth-order valence-electron chi connectivity index (χ4n) is 5.54. The molecule has 0 saturated carbocycles. The number of carbonyl (C=O) groups excluding carboxylic acids is 2. The Labute approximate surface area is 215 Å². The SMILES string of the molecule is CC1=C(C(=O)[O-])C(c2cccc([N+](=O)[O-])c2)C(C(=O)OC2CCC[N+](C)(Cc3ccccc3)C2)=C(C)N1. The van der Waals surface area contributed by atoms with Gasteiger partial charge >= 0.3 is 5.97 Å². The number of likely N-dealkylation sites (tertiary alicyclic amines) is 1. The molecule has 1 N–H and O–H groups in total. The maximum absolute atomic E-state index is 13.6. The van der Waals surface area contributed by atoms with Crippen molar-refractivity contribution in [3.8, 4) is 0 Å². The van der Waals surface area contributed by atoms with Gasteiger partial charge in [-0.3, -0.25) is 10.1 Å². The minimum absolute atomic E-state index is 0.119. The van der Waals surface area contributed by atoms with Gasteiger partial charge in [0.25, 0.3) is 5.69 Å². The number of nitro groups is 1. The quantitative estimate of drug-likeness (QED) is 0.266. The van der Waals surface area contributed by atoms with Crippen molar-refractivity contribution in [3.63, 3.8) is 0 Å². The molecule has 9 nitrogen and oxygen atoms in total. The summed E-state index contributed by atoms with van der Waals surface area (Å²) >= 11 is 0. The molecule has 3 unspecified atom stereocenters. The highest BCUT2D eigenvalue weighted by molar-refractivity contribution is 5.98. The Morgan fingerprint density at radius 1 is 1.08 bits per heavy atom. The maximum Gasteiger partial charge on any atom is 0.337 e. The molecule has 0 bridgehead atoms. The number of rotatable bonds is 7. The monoisotopic (exact) mass is 505 g/mol. The number of benzene rings is 2. The minimum atomic E-state index is -1.45. The molecule has 2 heterocycles. The number of esters is 1. The molecule has 3 atom stereocenters. The lowest BCUT2D eigenvalue weighted by Gasteiger charge is -2.41. The molecule has 1 fully saturated rings. The molecule has 0 aliphatic carbocycles. The lowest BCUT2D eigenvalue weighted by atomic mass is 9.80. The van der Waals surface area contributed by atoms with Crippen LogP contribution >= 0.6 is 0 Å². The summed E-state index contributed by atoms with van der Waals surface area (Å²) in [7, 11) is 2.14. The number of allylic oxidation sites excluding steroid dienone is 2. The minimum Gasteiger partial charge on any atom is -0.545 e. The Kier molecular flexibility index (Phi) is 7.45. The third kappa shape index (κ3) is 5.72. The van der Waals surface area contributed by atoms with E-state index >= 15 is 0 Å². The summed E-state index contributed by atoms with van der Waals surface area (Å²) in [4.78, 5) is 36.6. The number of dihydropyridines is 1. The van der Waals surface area contributed by atoms with Crippen LogP contribution in [0.4, 0.5) is 5.69 Å². The second kappa shape index (κ2) is 10.6. The Balaban J connectivity index is 1.62. The number of nitrogens with one attached hydrogen (secondary N) is 1. The molecule has 1 saturated heterocycles. The molecule has 37 heavy (non-hydrogen) atoms. The van der Waals surface area contributed by atoms with Crippen molar-refractivity contribution in [2.45, 2.75) is 45.3 Å². The van der Waals surface area contributed by atoms with Crippen LogP contribution in [0.25, 0.3) is 0 Å². The summed E-state index contributed by atoms with van der Waals surface area (Å²) in [6.45, 7) is 5.65. The molecule has 0 radical (unpaired) electrons. The number of aliphatic carboxylic acids is 1. The van der Waals surface area contributed by atoms with Gasteiger partial charge in [-0.2, -0.15) is 0 Å². The Morgan fingerprint density at radius 2 is 1.78 bits per heavy atom. The van der Waals surface area contributed by atoms with Crippen molar-refractivity contribution in [2.75, 3.05) is 20.1 Å². The number of non-ortho nitro benzene ring substituents is 1. The number of carbonyl (C=O) groups is 2. The summed E-state index contributed by atoms with van der Waals surface area (Å²) in [6.07, 6.45) is 1.24. The molecule has 194 valence electrons. The van der Waals surface area contributed by atoms with Crippen LogP contribution in [0, 0.1) is 10.1 Å². The molecule has 2 aromatic rings. The zero-order chi connectivity index (χ0) is 26.7. The van der Waals surface area contributed by atoms with E-state index in [0.29, 0.717) is 29.9 Å². The van der Waals surface area contributed by atoms with E-state index < -0.39 is 22.8 Å². The molecule has 0 aromatic heterocycles. The molecular formula is C28H31N3O6. The highest BCUT2D eigenvalue weighted by Crippen LogP contribution is 2.39. The lowest BCUT2D eigenvalue weighted by molar-refractivity contribution is -0.929. The molecule has 2 aliphatic heterocycles. The highest BCUT2D eigenvalue weighted by atomic mass is 16.6. The predicted molar refractivity (Wildman–Crippen MR) is 135 cm³/mol.